The Bertz CT molecular complexity index is 245. The molecule has 0 radical (unpaired) electrons. The van der Waals surface area contributed by atoms with Crippen LogP contribution in [0.1, 0.15) is 12.8 Å². The van der Waals surface area contributed by atoms with Crippen LogP contribution in [0.2, 0.25) is 0 Å². The van der Waals surface area contributed by atoms with Crippen molar-refractivity contribution in [2.75, 3.05) is 0 Å². The third kappa shape index (κ3) is 3.92. The topological polar surface area (TPSA) is 78.8 Å². The second-order valence-corrected chi connectivity index (χ2v) is 3.28. The summed E-state index contributed by atoms with van der Waals surface area (Å²) in [6.45, 7) is 0. The molecule has 1 aliphatic carbocycles. The number of hydrogen-bond donors (Lipinski definition) is 3. The van der Waals surface area contributed by atoms with Crippen LogP contribution in [0.25, 0.3) is 0 Å². The summed E-state index contributed by atoms with van der Waals surface area (Å²) in [6.07, 6.45) is -8.91. The van der Waals surface area contributed by atoms with E-state index in [0.717, 1.165) is 0 Å². The predicted octanol–water partition coefficient (Wildman–Crippen LogP) is 0.682. The zero-order valence-corrected chi connectivity index (χ0v) is 7.49. The number of halogens is 3. The Kier molecular flexibility index (Phi) is 3.40. The summed E-state index contributed by atoms with van der Waals surface area (Å²) in [6, 6.07) is -0.908. The molecule has 0 unspecified atom stereocenters. The summed E-state index contributed by atoms with van der Waals surface area (Å²) >= 11 is 0. The number of rotatable bonds is 2. The van der Waals surface area contributed by atoms with Crippen molar-refractivity contribution in [3.05, 3.63) is 0 Å². The van der Waals surface area contributed by atoms with Crippen LogP contribution < -0.4 is 5.32 Å². The van der Waals surface area contributed by atoms with Gasteiger partial charge in [-0.05, 0) is 6.42 Å². The van der Waals surface area contributed by atoms with E-state index in [1.165, 1.54) is 0 Å². The van der Waals surface area contributed by atoms with Crippen molar-refractivity contribution in [3.8, 4) is 0 Å². The first-order valence-electron chi connectivity index (χ1n) is 4.20. The first-order valence-corrected chi connectivity index (χ1v) is 4.20. The number of hydrogen-bond acceptors (Lipinski definition) is 3. The highest BCUT2D eigenvalue weighted by atomic mass is 19.4. The molecule has 0 aromatic carbocycles. The largest absolute Gasteiger partial charge is 0.522 e. The molecular formula is C7H10F3NO4. The molecule has 5 nitrogen and oxygen atoms in total. The van der Waals surface area contributed by atoms with Crippen LogP contribution in [-0.2, 0) is 4.74 Å². The maximum absolute atomic E-state index is 11.8. The Labute approximate surface area is 82.8 Å². The summed E-state index contributed by atoms with van der Waals surface area (Å²) in [4.78, 5) is 10.2. The second-order valence-electron chi connectivity index (χ2n) is 3.28. The van der Waals surface area contributed by atoms with Gasteiger partial charge in [0, 0.05) is 6.42 Å². The van der Waals surface area contributed by atoms with Gasteiger partial charge in [-0.15, -0.1) is 13.2 Å². The van der Waals surface area contributed by atoms with E-state index in [2.05, 4.69) is 4.74 Å². The van der Waals surface area contributed by atoms with Crippen LogP contribution in [0.4, 0.5) is 18.0 Å². The zero-order valence-electron chi connectivity index (χ0n) is 7.49. The van der Waals surface area contributed by atoms with Gasteiger partial charge in [0.15, 0.2) is 0 Å². The molecule has 0 aliphatic heterocycles. The van der Waals surface area contributed by atoms with Crippen molar-refractivity contribution in [2.45, 2.75) is 37.5 Å². The van der Waals surface area contributed by atoms with Gasteiger partial charge < -0.3 is 15.5 Å². The summed E-state index contributed by atoms with van der Waals surface area (Å²) in [5.74, 6) is 0. The first-order chi connectivity index (χ1) is 6.78. The number of carbonyl (C=O) groups is 1. The Hall–Kier alpha value is -1.02. The SMILES string of the molecule is O=C(O)N[C@H]1C[C@H](OC(F)(F)F)C[C@@H]1O. The highest BCUT2D eigenvalue weighted by Gasteiger charge is 2.41. The van der Waals surface area contributed by atoms with E-state index in [0.29, 0.717) is 0 Å². The average molecular weight is 229 g/mol. The van der Waals surface area contributed by atoms with Crippen LogP contribution in [0.5, 0.6) is 0 Å². The van der Waals surface area contributed by atoms with E-state index in [9.17, 15) is 23.1 Å². The highest BCUT2D eigenvalue weighted by molar-refractivity contribution is 5.65. The van der Waals surface area contributed by atoms with Crippen LogP contribution in [0.15, 0.2) is 0 Å². The minimum Gasteiger partial charge on any atom is -0.465 e. The van der Waals surface area contributed by atoms with E-state index in [1.54, 1.807) is 0 Å². The quantitative estimate of drug-likeness (QED) is 0.650. The molecule has 88 valence electrons. The van der Waals surface area contributed by atoms with Crippen molar-refractivity contribution in [3.63, 3.8) is 0 Å². The monoisotopic (exact) mass is 229 g/mol. The standard InChI is InChI=1S/C7H10F3NO4/c8-7(9,10)15-3-1-4(5(12)2-3)11-6(13)14/h3-5,11-12H,1-2H2,(H,13,14)/t3-,4-,5-/m0/s1. The molecule has 3 atom stereocenters. The second kappa shape index (κ2) is 4.23. The fourth-order valence-corrected chi connectivity index (χ4v) is 1.57. The molecule has 1 saturated carbocycles. The number of amides is 1. The van der Waals surface area contributed by atoms with Crippen LogP contribution in [0, 0.1) is 0 Å². The summed E-state index contributed by atoms with van der Waals surface area (Å²) < 4.78 is 39.0. The van der Waals surface area contributed by atoms with Crippen molar-refractivity contribution >= 4 is 6.09 Å². The number of nitrogens with one attached hydrogen (secondary N) is 1. The van der Waals surface area contributed by atoms with E-state index < -0.39 is 30.7 Å². The fraction of sp³-hybridized carbons (Fsp3) is 0.857. The minimum atomic E-state index is -4.76. The lowest BCUT2D eigenvalue weighted by molar-refractivity contribution is -0.342. The smallest absolute Gasteiger partial charge is 0.465 e. The number of ether oxygens (including phenoxy) is 1. The average Bonchev–Trinajstić information content (AvgIpc) is 2.26. The van der Waals surface area contributed by atoms with Gasteiger partial charge in [-0.3, -0.25) is 4.74 Å². The minimum absolute atomic E-state index is 0.188. The van der Waals surface area contributed by atoms with Gasteiger partial charge in [0.25, 0.3) is 0 Å². The molecule has 1 amide bonds. The molecule has 15 heavy (non-hydrogen) atoms. The maximum atomic E-state index is 11.8. The van der Waals surface area contributed by atoms with E-state index in [4.69, 9.17) is 5.11 Å². The van der Waals surface area contributed by atoms with Crippen molar-refractivity contribution in [1.82, 2.24) is 5.32 Å². The Morgan fingerprint density at radius 1 is 1.40 bits per heavy atom. The first kappa shape index (κ1) is 12.1. The Balaban J connectivity index is 2.45. The third-order valence-corrected chi connectivity index (χ3v) is 2.09. The summed E-state index contributed by atoms with van der Waals surface area (Å²) in [5, 5.41) is 19.5. The summed E-state index contributed by atoms with van der Waals surface area (Å²) in [7, 11) is 0. The fourth-order valence-electron chi connectivity index (χ4n) is 1.57. The van der Waals surface area contributed by atoms with Gasteiger partial charge >= 0.3 is 12.5 Å². The van der Waals surface area contributed by atoms with Gasteiger partial charge in [-0.25, -0.2) is 4.79 Å². The molecule has 3 N–H and O–H groups in total. The molecular weight excluding hydrogens is 219 g/mol. The number of carboxylic acid groups (broad SMARTS) is 1. The van der Waals surface area contributed by atoms with Crippen LogP contribution in [0.3, 0.4) is 0 Å². The van der Waals surface area contributed by atoms with E-state index in [-0.39, 0.29) is 12.8 Å². The van der Waals surface area contributed by atoms with Crippen molar-refractivity contribution in [2.24, 2.45) is 0 Å². The molecule has 8 heteroatoms. The molecule has 1 rings (SSSR count). The zero-order chi connectivity index (χ0) is 11.6. The Morgan fingerprint density at radius 3 is 2.47 bits per heavy atom. The third-order valence-electron chi connectivity index (χ3n) is 2.09. The van der Waals surface area contributed by atoms with Crippen LogP contribution in [-0.4, -0.2) is 40.9 Å². The molecule has 0 aromatic heterocycles. The normalized spacial score (nSPS) is 31.6. The summed E-state index contributed by atoms with van der Waals surface area (Å²) in [5.41, 5.74) is 0. The molecule has 0 heterocycles. The van der Waals surface area contributed by atoms with Crippen molar-refractivity contribution < 1.29 is 32.9 Å². The molecule has 0 bridgehead atoms. The van der Waals surface area contributed by atoms with Crippen molar-refractivity contribution in [1.29, 1.82) is 0 Å². The van der Waals surface area contributed by atoms with Crippen LogP contribution >= 0.6 is 0 Å². The van der Waals surface area contributed by atoms with Gasteiger partial charge in [0.05, 0.1) is 18.2 Å². The number of aliphatic hydroxyl groups is 1. The lowest BCUT2D eigenvalue weighted by Crippen LogP contribution is -2.39. The molecule has 0 spiro atoms. The number of alkyl halides is 3. The molecule has 0 aromatic rings. The molecule has 1 aliphatic rings. The van der Waals surface area contributed by atoms with Gasteiger partial charge in [0.1, 0.15) is 0 Å². The Morgan fingerprint density at radius 2 is 2.00 bits per heavy atom. The van der Waals surface area contributed by atoms with E-state index >= 15 is 0 Å². The number of aliphatic hydroxyl groups excluding tert-OH is 1. The maximum Gasteiger partial charge on any atom is 0.522 e. The van der Waals surface area contributed by atoms with Gasteiger partial charge in [-0.1, -0.05) is 0 Å². The molecule has 1 fully saturated rings. The van der Waals surface area contributed by atoms with E-state index in [1.807, 2.05) is 5.32 Å². The lowest BCUT2D eigenvalue weighted by Gasteiger charge is -2.14. The highest BCUT2D eigenvalue weighted by Crippen LogP contribution is 2.29. The predicted molar refractivity (Wildman–Crippen MR) is 41.1 cm³/mol. The van der Waals surface area contributed by atoms with Gasteiger partial charge in [-0.2, -0.15) is 0 Å². The van der Waals surface area contributed by atoms with Gasteiger partial charge in [0.2, 0.25) is 0 Å². The lowest BCUT2D eigenvalue weighted by atomic mass is 10.2. The molecule has 0 saturated heterocycles.